The van der Waals surface area contributed by atoms with Gasteiger partial charge in [0.15, 0.2) is 11.5 Å². The molecule has 0 saturated heterocycles. The predicted octanol–water partition coefficient (Wildman–Crippen LogP) is 3.01. The van der Waals surface area contributed by atoms with Gasteiger partial charge in [-0.05, 0) is 42.0 Å². The summed E-state index contributed by atoms with van der Waals surface area (Å²) in [5, 5.41) is 5.35. The minimum atomic E-state index is -0.180. The van der Waals surface area contributed by atoms with Crippen LogP contribution in [0.1, 0.15) is 15.9 Å². The molecule has 0 aromatic heterocycles. The smallest absolute Gasteiger partial charge is 0.251 e. The fourth-order valence-electron chi connectivity index (χ4n) is 2.26. The van der Waals surface area contributed by atoms with Crippen LogP contribution in [0.4, 0.5) is 5.69 Å². The molecule has 0 aliphatic heterocycles. The highest BCUT2D eigenvalue weighted by Gasteiger charge is 2.13. The second-order valence-corrected chi connectivity index (χ2v) is 6.03. The Morgan fingerprint density at radius 3 is 2.20 bits per heavy atom. The van der Waals surface area contributed by atoms with Crippen LogP contribution in [-0.4, -0.2) is 33.1 Å². The topological polar surface area (TPSA) is 76.7 Å². The molecule has 0 fully saturated rings. The lowest BCUT2D eigenvalue weighted by Crippen LogP contribution is -2.18. The Morgan fingerprint density at radius 1 is 1.04 bits per heavy atom. The lowest BCUT2D eigenvalue weighted by molar-refractivity contribution is -0.115. The summed E-state index contributed by atoms with van der Waals surface area (Å²) in [4.78, 5) is 23.8. The number of benzene rings is 2. The van der Waals surface area contributed by atoms with Crippen molar-refractivity contribution >= 4 is 33.4 Å². The Labute approximate surface area is 154 Å². The minimum absolute atomic E-state index is 0.165. The van der Waals surface area contributed by atoms with Crippen LogP contribution in [0, 0.1) is 0 Å². The van der Waals surface area contributed by atoms with Crippen LogP contribution < -0.4 is 20.1 Å². The van der Waals surface area contributed by atoms with Crippen molar-refractivity contribution in [1.82, 2.24) is 5.32 Å². The van der Waals surface area contributed by atoms with E-state index < -0.39 is 0 Å². The van der Waals surface area contributed by atoms with Crippen LogP contribution in [0.5, 0.6) is 11.5 Å². The molecule has 132 valence electrons. The quantitative estimate of drug-likeness (QED) is 0.772. The average molecular weight is 407 g/mol. The maximum Gasteiger partial charge on any atom is 0.251 e. The first-order valence-corrected chi connectivity index (χ1v) is 8.30. The lowest BCUT2D eigenvalue weighted by Gasteiger charge is -2.12. The number of ether oxygens (including phenoxy) is 2. The number of amides is 2. The van der Waals surface area contributed by atoms with E-state index in [9.17, 15) is 9.59 Å². The first-order chi connectivity index (χ1) is 12.0. The van der Waals surface area contributed by atoms with Crippen molar-refractivity contribution in [2.45, 2.75) is 6.42 Å². The summed E-state index contributed by atoms with van der Waals surface area (Å²) in [6, 6.07) is 10.2. The summed E-state index contributed by atoms with van der Waals surface area (Å²) >= 11 is 3.44. The van der Waals surface area contributed by atoms with E-state index in [2.05, 4.69) is 26.6 Å². The van der Waals surface area contributed by atoms with E-state index in [0.29, 0.717) is 22.7 Å². The second kappa shape index (κ2) is 8.53. The van der Waals surface area contributed by atoms with Gasteiger partial charge in [0.05, 0.1) is 20.6 Å². The molecule has 0 bridgehead atoms. The minimum Gasteiger partial charge on any atom is -0.493 e. The number of hydrogen-bond donors (Lipinski definition) is 2. The Kier molecular flexibility index (Phi) is 6.41. The molecule has 2 aromatic carbocycles. The molecule has 0 atom stereocenters. The number of halogens is 1. The molecule has 0 heterocycles. The molecular weight excluding hydrogens is 388 g/mol. The van der Waals surface area contributed by atoms with Gasteiger partial charge in [-0.15, -0.1) is 0 Å². The zero-order valence-electron chi connectivity index (χ0n) is 14.2. The van der Waals surface area contributed by atoms with Crippen LogP contribution in [0.15, 0.2) is 40.9 Å². The third-order valence-corrected chi connectivity index (χ3v) is 4.30. The van der Waals surface area contributed by atoms with E-state index in [1.165, 1.54) is 0 Å². The van der Waals surface area contributed by atoms with Crippen molar-refractivity contribution in [1.29, 1.82) is 0 Å². The number of hydrogen-bond acceptors (Lipinski definition) is 4. The summed E-state index contributed by atoms with van der Waals surface area (Å²) < 4.78 is 11.2. The zero-order valence-corrected chi connectivity index (χ0v) is 15.8. The normalized spacial score (nSPS) is 10.1. The molecule has 2 amide bonds. The Bertz CT molecular complexity index is 775. The van der Waals surface area contributed by atoms with Crippen LogP contribution >= 0.6 is 15.9 Å². The highest BCUT2D eigenvalue weighted by Crippen LogP contribution is 2.33. The Hall–Kier alpha value is -2.54. The van der Waals surface area contributed by atoms with Crippen molar-refractivity contribution in [2.24, 2.45) is 0 Å². The SMILES string of the molecule is CNC(=O)c1ccc(NC(=O)Cc2cc(OC)c(OC)cc2Br)cc1. The van der Waals surface area contributed by atoms with Gasteiger partial charge in [-0.25, -0.2) is 0 Å². The Morgan fingerprint density at radius 2 is 1.64 bits per heavy atom. The van der Waals surface area contributed by atoms with Crippen molar-refractivity contribution in [3.63, 3.8) is 0 Å². The van der Waals surface area contributed by atoms with Gasteiger partial charge in [-0.1, -0.05) is 15.9 Å². The van der Waals surface area contributed by atoms with E-state index in [1.54, 1.807) is 57.7 Å². The monoisotopic (exact) mass is 406 g/mol. The fraction of sp³-hybridized carbons (Fsp3) is 0.222. The van der Waals surface area contributed by atoms with E-state index in [4.69, 9.17) is 9.47 Å². The molecule has 2 aromatic rings. The maximum atomic E-state index is 12.3. The maximum absolute atomic E-state index is 12.3. The molecule has 2 N–H and O–H groups in total. The highest BCUT2D eigenvalue weighted by molar-refractivity contribution is 9.10. The summed E-state index contributed by atoms with van der Waals surface area (Å²) in [5.74, 6) is 0.791. The van der Waals surface area contributed by atoms with Crippen molar-refractivity contribution in [3.8, 4) is 11.5 Å². The van der Waals surface area contributed by atoms with Crippen molar-refractivity contribution in [3.05, 3.63) is 52.0 Å². The van der Waals surface area contributed by atoms with Gasteiger partial charge >= 0.3 is 0 Å². The molecule has 0 aliphatic carbocycles. The number of nitrogens with one attached hydrogen (secondary N) is 2. The number of methoxy groups -OCH3 is 2. The standard InChI is InChI=1S/C18H19BrN2O4/c1-20-18(23)11-4-6-13(7-5-11)21-17(22)9-12-8-15(24-2)16(25-3)10-14(12)19/h4-8,10H,9H2,1-3H3,(H,20,23)(H,21,22). The van der Waals surface area contributed by atoms with Crippen LogP contribution in [-0.2, 0) is 11.2 Å². The molecule has 25 heavy (non-hydrogen) atoms. The van der Waals surface area contributed by atoms with E-state index in [1.807, 2.05) is 0 Å². The van der Waals surface area contributed by atoms with Crippen LogP contribution in [0.3, 0.4) is 0 Å². The van der Waals surface area contributed by atoms with E-state index in [-0.39, 0.29) is 18.2 Å². The third-order valence-electron chi connectivity index (χ3n) is 3.56. The largest absolute Gasteiger partial charge is 0.493 e. The number of anilines is 1. The van der Waals surface area contributed by atoms with Gasteiger partial charge in [0.1, 0.15) is 0 Å². The van der Waals surface area contributed by atoms with Gasteiger partial charge in [-0.2, -0.15) is 0 Å². The van der Waals surface area contributed by atoms with Crippen LogP contribution in [0.2, 0.25) is 0 Å². The van der Waals surface area contributed by atoms with Crippen molar-refractivity contribution < 1.29 is 19.1 Å². The summed E-state index contributed by atoms with van der Waals surface area (Å²) in [6.45, 7) is 0. The molecule has 7 heteroatoms. The molecule has 2 rings (SSSR count). The molecule has 0 saturated carbocycles. The summed E-state index contributed by atoms with van der Waals surface area (Å²) in [5.41, 5.74) is 1.93. The lowest BCUT2D eigenvalue weighted by atomic mass is 10.1. The van der Waals surface area contributed by atoms with E-state index >= 15 is 0 Å². The van der Waals surface area contributed by atoms with Crippen molar-refractivity contribution in [2.75, 3.05) is 26.6 Å². The molecule has 0 aliphatic rings. The van der Waals surface area contributed by atoms with Gasteiger partial charge in [-0.3, -0.25) is 9.59 Å². The summed E-state index contributed by atoms with van der Waals surface area (Å²) in [6.07, 6.45) is 0.165. The number of carbonyl (C=O) groups excluding carboxylic acids is 2. The molecule has 6 nitrogen and oxygen atoms in total. The van der Waals surface area contributed by atoms with Gasteiger partial charge in [0.25, 0.3) is 5.91 Å². The number of carbonyl (C=O) groups is 2. The average Bonchev–Trinajstić information content (AvgIpc) is 2.62. The first-order valence-electron chi connectivity index (χ1n) is 7.51. The third kappa shape index (κ3) is 4.73. The fourth-order valence-corrected chi connectivity index (χ4v) is 2.72. The van der Waals surface area contributed by atoms with Gasteiger partial charge < -0.3 is 20.1 Å². The van der Waals surface area contributed by atoms with Gasteiger partial charge in [0, 0.05) is 22.8 Å². The predicted molar refractivity (Wildman–Crippen MR) is 99.4 cm³/mol. The molecular formula is C18H19BrN2O4. The molecule has 0 unspecified atom stereocenters. The molecule has 0 radical (unpaired) electrons. The van der Waals surface area contributed by atoms with Crippen LogP contribution in [0.25, 0.3) is 0 Å². The first kappa shape index (κ1) is 18.8. The number of rotatable bonds is 6. The zero-order chi connectivity index (χ0) is 18.4. The second-order valence-electron chi connectivity index (χ2n) is 5.18. The highest BCUT2D eigenvalue weighted by atomic mass is 79.9. The van der Waals surface area contributed by atoms with E-state index in [0.717, 1.165) is 10.0 Å². The summed E-state index contributed by atoms with van der Waals surface area (Å²) in [7, 11) is 4.67. The Balaban J connectivity index is 2.08. The van der Waals surface area contributed by atoms with Gasteiger partial charge in [0.2, 0.25) is 5.91 Å². The molecule has 0 spiro atoms.